The Balaban J connectivity index is 1.59. The summed E-state index contributed by atoms with van der Waals surface area (Å²) in [4.78, 5) is 52.1. The number of para-hydroxylation sites is 1. The lowest BCUT2D eigenvalue weighted by atomic mass is 10.1. The Morgan fingerprint density at radius 2 is 1.64 bits per heavy atom. The van der Waals surface area contributed by atoms with Crippen LogP contribution in [0.2, 0.25) is 0 Å². The molecule has 1 aromatic heterocycles. The Bertz CT molecular complexity index is 1620. The molecular formula is C30H32N4O5. The van der Waals surface area contributed by atoms with Gasteiger partial charge in [-0.1, -0.05) is 30.3 Å². The highest BCUT2D eigenvalue weighted by Crippen LogP contribution is 2.15. The van der Waals surface area contributed by atoms with Gasteiger partial charge in [-0.3, -0.25) is 23.5 Å². The van der Waals surface area contributed by atoms with Crippen molar-refractivity contribution in [1.82, 2.24) is 14.5 Å². The van der Waals surface area contributed by atoms with Gasteiger partial charge in [0.15, 0.2) is 0 Å². The van der Waals surface area contributed by atoms with Gasteiger partial charge in [0.05, 0.1) is 17.4 Å². The molecule has 0 unspecified atom stereocenters. The van der Waals surface area contributed by atoms with Crippen molar-refractivity contribution in [2.45, 2.75) is 33.4 Å². The second-order valence-electron chi connectivity index (χ2n) is 9.42. The van der Waals surface area contributed by atoms with Gasteiger partial charge in [-0.05, 0) is 73.4 Å². The highest BCUT2D eigenvalue weighted by Gasteiger charge is 2.16. The maximum absolute atomic E-state index is 13.5. The van der Waals surface area contributed by atoms with E-state index >= 15 is 0 Å². The molecule has 0 bridgehead atoms. The number of hydrogen-bond donors (Lipinski definition) is 2. The van der Waals surface area contributed by atoms with E-state index < -0.39 is 11.2 Å². The van der Waals surface area contributed by atoms with E-state index in [1.165, 1.54) is 4.57 Å². The smallest absolute Gasteiger partial charge is 0.332 e. The molecule has 0 aliphatic heterocycles. The summed E-state index contributed by atoms with van der Waals surface area (Å²) in [6.45, 7) is 4.75. The molecule has 4 rings (SSSR count). The quantitative estimate of drug-likeness (QED) is 0.307. The first-order valence-corrected chi connectivity index (χ1v) is 12.7. The van der Waals surface area contributed by atoms with Crippen molar-refractivity contribution in [2.24, 2.45) is 0 Å². The fourth-order valence-corrected chi connectivity index (χ4v) is 4.29. The summed E-state index contributed by atoms with van der Waals surface area (Å²) in [6.07, 6.45) is 0.708. The highest BCUT2D eigenvalue weighted by molar-refractivity contribution is 5.94. The van der Waals surface area contributed by atoms with Gasteiger partial charge in [0.2, 0.25) is 5.91 Å². The van der Waals surface area contributed by atoms with Crippen molar-refractivity contribution in [1.29, 1.82) is 0 Å². The molecule has 202 valence electrons. The minimum Gasteiger partial charge on any atom is -0.385 e. The molecule has 2 N–H and O–H groups in total. The van der Waals surface area contributed by atoms with E-state index in [2.05, 4.69) is 10.6 Å². The third kappa shape index (κ3) is 6.50. The number of amides is 2. The maximum atomic E-state index is 13.5. The van der Waals surface area contributed by atoms with Crippen LogP contribution in [-0.4, -0.2) is 41.2 Å². The Labute approximate surface area is 226 Å². The van der Waals surface area contributed by atoms with E-state index in [4.69, 9.17) is 4.74 Å². The molecule has 4 aromatic rings. The normalized spacial score (nSPS) is 10.9. The Morgan fingerprint density at radius 1 is 0.897 bits per heavy atom. The summed E-state index contributed by atoms with van der Waals surface area (Å²) < 4.78 is 7.41. The van der Waals surface area contributed by atoms with Gasteiger partial charge < -0.3 is 15.4 Å². The van der Waals surface area contributed by atoms with Crippen LogP contribution in [0, 0.1) is 13.8 Å². The summed E-state index contributed by atoms with van der Waals surface area (Å²) in [5.41, 5.74) is 3.29. The molecule has 0 aliphatic carbocycles. The van der Waals surface area contributed by atoms with Crippen molar-refractivity contribution in [2.75, 3.05) is 25.6 Å². The van der Waals surface area contributed by atoms with Crippen LogP contribution in [0.4, 0.5) is 5.69 Å². The summed E-state index contributed by atoms with van der Waals surface area (Å²) in [6, 6.07) is 19.1. The molecule has 2 amide bonds. The van der Waals surface area contributed by atoms with Crippen molar-refractivity contribution in [3.05, 3.63) is 110 Å². The molecule has 39 heavy (non-hydrogen) atoms. The second kappa shape index (κ2) is 12.4. The molecule has 1 heterocycles. The summed E-state index contributed by atoms with van der Waals surface area (Å²) >= 11 is 0. The van der Waals surface area contributed by atoms with Crippen molar-refractivity contribution < 1.29 is 14.3 Å². The SMILES string of the molecule is COCCCNC(=O)c1ccc(Cn2c(=O)c3ccccc3n(CC(=O)Nc3ccc(C)c(C)c3)c2=O)cc1. The van der Waals surface area contributed by atoms with Crippen LogP contribution in [0.15, 0.2) is 76.3 Å². The fourth-order valence-electron chi connectivity index (χ4n) is 4.29. The minimum absolute atomic E-state index is 0.00296. The number of ether oxygens (including phenoxy) is 1. The largest absolute Gasteiger partial charge is 0.385 e. The number of anilines is 1. The third-order valence-corrected chi connectivity index (χ3v) is 6.59. The lowest BCUT2D eigenvalue weighted by molar-refractivity contribution is -0.116. The average molecular weight is 529 g/mol. The van der Waals surface area contributed by atoms with Gasteiger partial charge in [-0.2, -0.15) is 0 Å². The number of carbonyl (C=O) groups is 2. The molecule has 0 saturated heterocycles. The van der Waals surface area contributed by atoms with E-state index in [1.807, 2.05) is 32.0 Å². The number of rotatable bonds is 10. The standard InChI is InChI=1S/C30H32N4O5/c1-20-9-14-24(17-21(20)2)32-27(35)19-33-26-8-5-4-7-25(26)29(37)34(30(33)38)18-22-10-12-23(13-11-22)28(36)31-15-6-16-39-3/h4-5,7-14,17H,6,15-16,18-19H2,1-3H3,(H,31,36)(H,32,35). The molecule has 0 fully saturated rings. The van der Waals surface area contributed by atoms with E-state index in [9.17, 15) is 19.2 Å². The van der Waals surface area contributed by atoms with Gasteiger partial charge in [0, 0.05) is 31.5 Å². The van der Waals surface area contributed by atoms with Gasteiger partial charge in [-0.25, -0.2) is 4.79 Å². The third-order valence-electron chi connectivity index (χ3n) is 6.59. The maximum Gasteiger partial charge on any atom is 0.332 e. The van der Waals surface area contributed by atoms with Gasteiger partial charge in [0.1, 0.15) is 6.54 Å². The summed E-state index contributed by atoms with van der Waals surface area (Å²) in [5, 5.41) is 6.00. The number of carbonyl (C=O) groups excluding carboxylic acids is 2. The first-order chi connectivity index (χ1) is 18.8. The van der Waals surface area contributed by atoms with E-state index in [1.54, 1.807) is 55.6 Å². The number of nitrogens with one attached hydrogen (secondary N) is 2. The first-order valence-electron chi connectivity index (χ1n) is 12.7. The molecule has 0 aliphatic rings. The number of aryl methyl sites for hydroxylation is 2. The van der Waals surface area contributed by atoms with Gasteiger partial charge in [0.25, 0.3) is 11.5 Å². The number of benzene rings is 3. The monoisotopic (exact) mass is 528 g/mol. The molecule has 3 aromatic carbocycles. The van der Waals surface area contributed by atoms with Gasteiger partial charge >= 0.3 is 5.69 Å². The molecule has 9 heteroatoms. The van der Waals surface area contributed by atoms with Crippen LogP contribution in [-0.2, 0) is 22.6 Å². The fraction of sp³-hybridized carbons (Fsp3) is 0.267. The van der Waals surface area contributed by atoms with E-state index in [-0.39, 0.29) is 24.9 Å². The first kappa shape index (κ1) is 27.5. The van der Waals surface area contributed by atoms with Crippen LogP contribution < -0.4 is 21.9 Å². The molecule has 0 atom stereocenters. The summed E-state index contributed by atoms with van der Waals surface area (Å²) in [7, 11) is 1.61. The Kier molecular flexibility index (Phi) is 8.73. The van der Waals surface area contributed by atoms with Crippen LogP contribution in [0.3, 0.4) is 0 Å². The van der Waals surface area contributed by atoms with Crippen LogP contribution >= 0.6 is 0 Å². The number of nitrogens with zero attached hydrogens (tertiary/aromatic N) is 2. The van der Waals surface area contributed by atoms with Gasteiger partial charge in [-0.15, -0.1) is 0 Å². The lowest BCUT2D eigenvalue weighted by Gasteiger charge is -2.15. The molecular weight excluding hydrogens is 496 g/mol. The molecule has 0 saturated carbocycles. The molecule has 0 spiro atoms. The molecule has 0 radical (unpaired) electrons. The number of methoxy groups -OCH3 is 1. The summed E-state index contributed by atoms with van der Waals surface area (Å²) in [5.74, 6) is -0.589. The lowest BCUT2D eigenvalue weighted by Crippen LogP contribution is -2.42. The highest BCUT2D eigenvalue weighted by atomic mass is 16.5. The zero-order valence-electron chi connectivity index (χ0n) is 22.3. The van der Waals surface area contributed by atoms with Crippen LogP contribution in [0.25, 0.3) is 10.9 Å². The van der Waals surface area contributed by atoms with E-state index in [0.29, 0.717) is 47.3 Å². The predicted molar refractivity (Wildman–Crippen MR) is 151 cm³/mol. The van der Waals surface area contributed by atoms with Crippen molar-refractivity contribution in [3.63, 3.8) is 0 Å². The van der Waals surface area contributed by atoms with Crippen LogP contribution in [0.1, 0.15) is 33.5 Å². The Morgan fingerprint density at radius 3 is 2.36 bits per heavy atom. The number of aromatic nitrogens is 2. The second-order valence-corrected chi connectivity index (χ2v) is 9.42. The number of hydrogen-bond acceptors (Lipinski definition) is 5. The topological polar surface area (TPSA) is 111 Å². The van der Waals surface area contributed by atoms with E-state index in [0.717, 1.165) is 15.7 Å². The zero-order chi connectivity index (χ0) is 27.9. The zero-order valence-corrected chi connectivity index (χ0v) is 22.3. The minimum atomic E-state index is -0.589. The van der Waals surface area contributed by atoms with Crippen LogP contribution in [0.5, 0.6) is 0 Å². The average Bonchev–Trinajstić information content (AvgIpc) is 2.93. The van der Waals surface area contributed by atoms with Crippen molar-refractivity contribution >= 4 is 28.4 Å². The molecule has 9 nitrogen and oxygen atoms in total. The predicted octanol–water partition coefficient (Wildman–Crippen LogP) is 3.23. The van der Waals surface area contributed by atoms with Crippen molar-refractivity contribution in [3.8, 4) is 0 Å². The Hall–Kier alpha value is -4.50. The number of fused-ring (bicyclic) bond motifs is 1.